The number of benzene rings is 1. The zero-order valence-corrected chi connectivity index (χ0v) is 9.68. The summed E-state index contributed by atoms with van der Waals surface area (Å²) >= 11 is 0. The molecule has 0 fully saturated rings. The van der Waals surface area contributed by atoms with Crippen LogP contribution in [0.5, 0.6) is 0 Å². The Hall–Kier alpha value is -2.16. The molecule has 0 unspecified atom stereocenters. The molecule has 1 amide bonds. The van der Waals surface area contributed by atoms with Gasteiger partial charge in [0.25, 0.3) is 0 Å². The quantitative estimate of drug-likeness (QED) is 0.870. The van der Waals surface area contributed by atoms with Crippen LogP contribution in [0.25, 0.3) is 11.3 Å². The highest BCUT2D eigenvalue weighted by Crippen LogP contribution is 2.16. The van der Waals surface area contributed by atoms with E-state index in [1.54, 1.807) is 13.2 Å². The number of pyridine rings is 1. The van der Waals surface area contributed by atoms with Crippen molar-refractivity contribution in [3.63, 3.8) is 0 Å². The average molecular weight is 226 g/mol. The van der Waals surface area contributed by atoms with E-state index in [0.717, 1.165) is 16.8 Å². The van der Waals surface area contributed by atoms with Crippen molar-refractivity contribution in [2.24, 2.45) is 0 Å². The fraction of sp³-hybridized carbons (Fsp3) is 0.143. The second-order valence-electron chi connectivity index (χ2n) is 3.76. The molecule has 0 aliphatic rings. The summed E-state index contributed by atoms with van der Waals surface area (Å²) in [6, 6.07) is 13.7. The summed E-state index contributed by atoms with van der Waals surface area (Å²) in [5.41, 5.74) is 3.01. The zero-order chi connectivity index (χ0) is 12.1. The Bertz CT molecular complexity index is 491. The third-order valence-electron chi connectivity index (χ3n) is 2.56. The maximum absolute atomic E-state index is 11.2. The monoisotopic (exact) mass is 226 g/mol. The number of hydrogen-bond donors (Lipinski definition) is 1. The third kappa shape index (κ3) is 2.91. The molecule has 0 bridgehead atoms. The molecule has 1 aromatic heterocycles. The van der Waals surface area contributed by atoms with Gasteiger partial charge in [-0.3, -0.25) is 9.78 Å². The maximum Gasteiger partial charge on any atom is 0.224 e. The van der Waals surface area contributed by atoms with Crippen molar-refractivity contribution in [3.05, 3.63) is 54.2 Å². The van der Waals surface area contributed by atoms with E-state index in [1.165, 1.54) is 0 Å². The van der Waals surface area contributed by atoms with Crippen molar-refractivity contribution in [2.75, 3.05) is 7.05 Å². The van der Waals surface area contributed by atoms with E-state index < -0.39 is 0 Å². The highest BCUT2D eigenvalue weighted by Gasteiger charge is 2.02. The fourth-order valence-corrected chi connectivity index (χ4v) is 1.60. The van der Waals surface area contributed by atoms with Gasteiger partial charge in [0.1, 0.15) is 0 Å². The molecule has 0 saturated carbocycles. The van der Waals surface area contributed by atoms with Gasteiger partial charge in [0.05, 0.1) is 12.1 Å². The Morgan fingerprint density at radius 2 is 1.94 bits per heavy atom. The van der Waals surface area contributed by atoms with E-state index in [2.05, 4.69) is 10.3 Å². The fourth-order valence-electron chi connectivity index (χ4n) is 1.60. The molecule has 0 aliphatic carbocycles. The van der Waals surface area contributed by atoms with E-state index in [-0.39, 0.29) is 5.91 Å². The number of likely N-dealkylation sites (N-methyl/N-ethyl adjacent to an activating group) is 1. The number of nitrogens with one attached hydrogen (secondary N) is 1. The molecular weight excluding hydrogens is 212 g/mol. The van der Waals surface area contributed by atoms with Crippen LogP contribution in [0.3, 0.4) is 0 Å². The van der Waals surface area contributed by atoms with E-state index >= 15 is 0 Å². The zero-order valence-electron chi connectivity index (χ0n) is 9.68. The summed E-state index contributed by atoms with van der Waals surface area (Å²) in [4.78, 5) is 15.5. The van der Waals surface area contributed by atoms with Crippen LogP contribution in [0, 0.1) is 0 Å². The average Bonchev–Trinajstić information content (AvgIpc) is 2.40. The lowest BCUT2D eigenvalue weighted by Crippen LogP contribution is -2.19. The van der Waals surface area contributed by atoms with Crippen LogP contribution in [0.2, 0.25) is 0 Å². The van der Waals surface area contributed by atoms with Gasteiger partial charge >= 0.3 is 0 Å². The van der Waals surface area contributed by atoms with Crippen LogP contribution in [0.15, 0.2) is 48.7 Å². The molecule has 2 aromatic rings. The van der Waals surface area contributed by atoms with Gasteiger partial charge in [0.15, 0.2) is 0 Å². The number of amides is 1. The summed E-state index contributed by atoms with van der Waals surface area (Å²) in [6.07, 6.45) is 2.19. The van der Waals surface area contributed by atoms with Gasteiger partial charge in [-0.1, -0.05) is 30.3 Å². The highest BCUT2D eigenvalue weighted by atomic mass is 16.1. The van der Waals surface area contributed by atoms with E-state index in [4.69, 9.17) is 0 Å². The number of aromatic nitrogens is 1. The minimum Gasteiger partial charge on any atom is -0.359 e. The first-order valence-corrected chi connectivity index (χ1v) is 5.50. The number of carbonyl (C=O) groups is 1. The molecule has 3 heteroatoms. The van der Waals surface area contributed by atoms with E-state index in [1.807, 2.05) is 42.5 Å². The van der Waals surface area contributed by atoms with Gasteiger partial charge in [-0.25, -0.2) is 0 Å². The predicted octanol–water partition coefficient (Wildman–Crippen LogP) is 2.04. The van der Waals surface area contributed by atoms with E-state index in [9.17, 15) is 4.79 Å². The Morgan fingerprint density at radius 1 is 1.18 bits per heavy atom. The second kappa shape index (κ2) is 5.25. The third-order valence-corrected chi connectivity index (χ3v) is 2.56. The van der Waals surface area contributed by atoms with Crippen molar-refractivity contribution in [1.29, 1.82) is 0 Å². The first kappa shape index (κ1) is 11.3. The van der Waals surface area contributed by atoms with Crippen LogP contribution in [0.4, 0.5) is 0 Å². The van der Waals surface area contributed by atoms with Gasteiger partial charge in [0.2, 0.25) is 5.91 Å². The molecule has 0 atom stereocenters. The van der Waals surface area contributed by atoms with Crippen molar-refractivity contribution in [3.8, 4) is 11.3 Å². The topological polar surface area (TPSA) is 42.0 Å². The highest BCUT2D eigenvalue weighted by molar-refractivity contribution is 5.78. The Labute approximate surface area is 101 Å². The van der Waals surface area contributed by atoms with Crippen molar-refractivity contribution < 1.29 is 4.79 Å². The summed E-state index contributed by atoms with van der Waals surface area (Å²) < 4.78 is 0. The predicted molar refractivity (Wildman–Crippen MR) is 67.4 cm³/mol. The summed E-state index contributed by atoms with van der Waals surface area (Å²) in [5, 5.41) is 2.61. The maximum atomic E-state index is 11.2. The minimum absolute atomic E-state index is 0.0237. The lowest BCUT2D eigenvalue weighted by Gasteiger charge is -2.03. The lowest BCUT2D eigenvalue weighted by molar-refractivity contribution is -0.119. The SMILES string of the molecule is CNC(=O)Cc1ccc(-c2ccccn2)cc1. The van der Waals surface area contributed by atoms with Crippen LogP contribution >= 0.6 is 0 Å². The van der Waals surface area contributed by atoms with Gasteiger partial charge < -0.3 is 5.32 Å². The Kier molecular flexibility index (Phi) is 3.50. The molecule has 1 N–H and O–H groups in total. The number of carbonyl (C=O) groups excluding carboxylic acids is 1. The smallest absolute Gasteiger partial charge is 0.224 e. The van der Waals surface area contributed by atoms with Crippen molar-refractivity contribution in [1.82, 2.24) is 10.3 Å². The molecule has 86 valence electrons. The van der Waals surface area contributed by atoms with Crippen LogP contribution in [0.1, 0.15) is 5.56 Å². The van der Waals surface area contributed by atoms with Crippen LogP contribution < -0.4 is 5.32 Å². The van der Waals surface area contributed by atoms with Crippen molar-refractivity contribution in [2.45, 2.75) is 6.42 Å². The molecule has 1 aromatic carbocycles. The Morgan fingerprint density at radius 3 is 2.53 bits per heavy atom. The lowest BCUT2D eigenvalue weighted by atomic mass is 10.1. The van der Waals surface area contributed by atoms with Crippen LogP contribution in [-0.2, 0) is 11.2 Å². The summed E-state index contributed by atoms with van der Waals surface area (Å²) in [7, 11) is 1.64. The molecule has 0 radical (unpaired) electrons. The van der Waals surface area contributed by atoms with Crippen molar-refractivity contribution >= 4 is 5.91 Å². The molecule has 2 rings (SSSR count). The number of rotatable bonds is 3. The van der Waals surface area contributed by atoms with E-state index in [0.29, 0.717) is 6.42 Å². The van der Waals surface area contributed by atoms with Gasteiger partial charge in [0, 0.05) is 18.8 Å². The molecule has 17 heavy (non-hydrogen) atoms. The molecular formula is C14H14N2O. The van der Waals surface area contributed by atoms with Gasteiger partial charge in [-0.15, -0.1) is 0 Å². The second-order valence-corrected chi connectivity index (χ2v) is 3.76. The van der Waals surface area contributed by atoms with Crippen LogP contribution in [-0.4, -0.2) is 17.9 Å². The molecule has 0 saturated heterocycles. The first-order chi connectivity index (χ1) is 8.29. The minimum atomic E-state index is 0.0237. The Balaban J connectivity index is 2.16. The summed E-state index contributed by atoms with van der Waals surface area (Å²) in [5.74, 6) is 0.0237. The number of hydrogen-bond acceptors (Lipinski definition) is 2. The molecule has 0 aliphatic heterocycles. The molecule has 3 nitrogen and oxygen atoms in total. The standard InChI is InChI=1S/C14H14N2O/c1-15-14(17)10-11-5-7-12(8-6-11)13-4-2-3-9-16-13/h2-9H,10H2,1H3,(H,15,17). The molecule has 0 spiro atoms. The van der Waals surface area contributed by atoms with Gasteiger partial charge in [-0.05, 0) is 17.7 Å². The largest absolute Gasteiger partial charge is 0.359 e. The first-order valence-electron chi connectivity index (χ1n) is 5.50. The number of nitrogens with zero attached hydrogens (tertiary/aromatic N) is 1. The summed E-state index contributed by atoms with van der Waals surface area (Å²) in [6.45, 7) is 0. The molecule has 1 heterocycles. The van der Waals surface area contributed by atoms with Gasteiger partial charge in [-0.2, -0.15) is 0 Å². The normalized spacial score (nSPS) is 9.94.